The number of nitrogen functional groups attached to an aromatic ring is 1. The first-order valence-electron chi connectivity index (χ1n) is 6.92. The van der Waals surface area contributed by atoms with Crippen LogP contribution in [0.25, 0.3) is 0 Å². The van der Waals surface area contributed by atoms with Crippen LogP contribution in [0.1, 0.15) is 27.3 Å². The summed E-state index contributed by atoms with van der Waals surface area (Å²) in [6.45, 7) is 2.11. The number of benzene rings is 1. The van der Waals surface area contributed by atoms with Crippen molar-refractivity contribution >= 4 is 27.0 Å². The van der Waals surface area contributed by atoms with Crippen LogP contribution >= 0.6 is 11.3 Å². The molecule has 0 aliphatic heterocycles. The summed E-state index contributed by atoms with van der Waals surface area (Å²) in [5.74, 6) is 0. The lowest BCUT2D eigenvalue weighted by Gasteiger charge is -2.09. The van der Waals surface area contributed by atoms with E-state index in [0.717, 1.165) is 17.7 Å². The largest absolute Gasteiger partial charge is 0.399 e. The Balaban J connectivity index is 1.76. The molecule has 0 atom stereocenters. The maximum atomic E-state index is 12.4. The van der Waals surface area contributed by atoms with E-state index in [4.69, 9.17) is 5.73 Å². The first-order chi connectivity index (χ1) is 9.95. The molecular formula is C15H18N2O2S2. The summed E-state index contributed by atoms with van der Waals surface area (Å²) in [4.78, 5) is 2.78. The van der Waals surface area contributed by atoms with Gasteiger partial charge in [0.15, 0.2) is 0 Å². The van der Waals surface area contributed by atoms with Crippen LogP contribution in [-0.2, 0) is 29.4 Å². The van der Waals surface area contributed by atoms with Crippen LogP contribution in [0.4, 0.5) is 5.69 Å². The summed E-state index contributed by atoms with van der Waals surface area (Å²) >= 11 is 1.72. The van der Waals surface area contributed by atoms with Crippen molar-refractivity contribution in [3.05, 3.63) is 45.1 Å². The Bertz CT molecular complexity index is 757. The zero-order valence-corrected chi connectivity index (χ0v) is 13.5. The normalized spacial score (nSPS) is 14.3. The Kier molecular flexibility index (Phi) is 3.77. The highest BCUT2D eigenvalue weighted by molar-refractivity contribution is 7.89. The van der Waals surface area contributed by atoms with Crippen molar-refractivity contribution < 1.29 is 8.42 Å². The van der Waals surface area contributed by atoms with E-state index in [2.05, 4.69) is 10.8 Å². The van der Waals surface area contributed by atoms with Crippen LogP contribution in [0.3, 0.4) is 0 Å². The molecular weight excluding hydrogens is 304 g/mol. The minimum absolute atomic E-state index is 0.292. The molecule has 1 aromatic carbocycles. The highest BCUT2D eigenvalue weighted by Gasteiger charge is 2.19. The van der Waals surface area contributed by atoms with Gasteiger partial charge in [0.05, 0.1) is 4.90 Å². The minimum atomic E-state index is -3.50. The van der Waals surface area contributed by atoms with Gasteiger partial charge in [-0.25, -0.2) is 13.1 Å². The molecule has 0 spiro atoms. The lowest BCUT2D eigenvalue weighted by atomic mass is 10.2. The first kappa shape index (κ1) is 14.6. The van der Waals surface area contributed by atoms with Gasteiger partial charge in [-0.3, -0.25) is 0 Å². The molecule has 3 rings (SSSR count). The number of hydrogen-bond acceptors (Lipinski definition) is 4. The molecule has 1 aliphatic rings. The standard InChI is InChI=1S/C15H18N2O2S2/c1-10-7-12(16)5-6-15(10)21(18,19)17-9-13-8-11-3-2-4-14(11)20-13/h5-8,17H,2-4,9,16H2,1H3. The van der Waals surface area contributed by atoms with Crippen LogP contribution in [0.2, 0.25) is 0 Å². The fourth-order valence-electron chi connectivity index (χ4n) is 2.70. The number of fused-ring (bicyclic) bond motifs is 1. The number of nitrogens with two attached hydrogens (primary N) is 1. The first-order valence-corrected chi connectivity index (χ1v) is 9.22. The van der Waals surface area contributed by atoms with Crippen LogP contribution in [-0.4, -0.2) is 8.42 Å². The molecule has 0 saturated heterocycles. The number of sulfonamides is 1. The topological polar surface area (TPSA) is 72.2 Å². The van der Waals surface area contributed by atoms with Gasteiger partial charge in [-0.1, -0.05) is 0 Å². The molecule has 0 radical (unpaired) electrons. The van der Waals surface area contributed by atoms with E-state index in [-0.39, 0.29) is 0 Å². The maximum Gasteiger partial charge on any atom is 0.241 e. The smallest absolute Gasteiger partial charge is 0.241 e. The van der Waals surface area contributed by atoms with Crippen molar-refractivity contribution in [3.8, 4) is 0 Å². The monoisotopic (exact) mass is 322 g/mol. The maximum absolute atomic E-state index is 12.4. The molecule has 0 fully saturated rings. The second-order valence-corrected chi connectivity index (χ2v) is 8.32. The quantitative estimate of drug-likeness (QED) is 0.850. The zero-order chi connectivity index (χ0) is 15.0. The summed E-state index contributed by atoms with van der Waals surface area (Å²) < 4.78 is 27.4. The second-order valence-electron chi connectivity index (χ2n) is 5.36. The molecule has 0 unspecified atom stereocenters. The molecule has 6 heteroatoms. The van der Waals surface area contributed by atoms with E-state index >= 15 is 0 Å². The van der Waals surface area contributed by atoms with Gasteiger partial charge in [-0.2, -0.15) is 0 Å². The Hall–Kier alpha value is -1.37. The number of nitrogens with one attached hydrogen (secondary N) is 1. The van der Waals surface area contributed by atoms with Gasteiger partial charge in [-0.15, -0.1) is 11.3 Å². The third-order valence-electron chi connectivity index (χ3n) is 3.72. The van der Waals surface area contributed by atoms with Crippen molar-refractivity contribution in [2.24, 2.45) is 0 Å². The molecule has 0 amide bonds. The molecule has 21 heavy (non-hydrogen) atoms. The number of rotatable bonds is 4. The van der Waals surface area contributed by atoms with E-state index < -0.39 is 10.0 Å². The summed E-state index contributed by atoms with van der Waals surface area (Å²) in [5, 5.41) is 0. The molecule has 1 aromatic heterocycles. The summed E-state index contributed by atoms with van der Waals surface area (Å²) in [6, 6.07) is 6.97. The number of aryl methyl sites for hydroxylation is 3. The summed E-state index contributed by atoms with van der Waals surface area (Å²) in [5.41, 5.74) is 8.28. The third kappa shape index (κ3) is 2.97. The third-order valence-corrected chi connectivity index (χ3v) is 6.52. The predicted molar refractivity (Wildman–Crippen MR) is 86.0 cm³/mol. The average molecular weight is 322 g/mol. The number of thiophene rings is 1. The molecule has 2 aromatic rings. The van der Waals surface area contributed by atoms with Crippen molar-refractivity contribution in [1.82, 2.24) is 4.72 Å². The highest BCUT2D eigenvalue weighted by atomic mass is 32.2. The van der Waals surface area contributed by atoms with Crippen LogP contribution < -0.4 is 10.5 Å². The van der Waals surface area contributed by atoms with Crippen LogP contribution in [0.5, 0.6) is 0 Å². The van der Waals surface area contributed by atoms with E-state index in [1.54, 1.807) is 36.5 Å². The van der Waals surface area contributed by atoms with E-state index in [1.807, 2.05) is 0 Å². The van der Waals surface area contributed by atoms with E-state index in [1.165, 1.54) is 16.9 Å². The Morgan fingerprint density at radius 2 is 2.10 bits per heavy atom. The average Bonchev–Trinajstić information content (AvgIpc) is 2.96. The number of anilines is 1. The lowest BCUT2D eigenvalue weighted by molar-refractivity contribution is 0.581. The van der Waals surface area contributed by atoms with Gasteiger partial charge >= 0.3 is 0 Å². The zero-order valence-electron chi connectivity index (χ0n) is 11.8. The SMILES string of the molecule is Cc1cc(N)ccc1S(=O)(=O)NCc1cc2c(s1)CCC2. The minimum Gasteiger partial charge on any atom is -0.399 e. The van der Waals surface area contributed by atoms with Crippen molar-refractivity contribution in [2.75, 3.05) is 5.73 Å². The molecule has 0 bridgehead atoms. The van der Waals surface area contributed by atoms with Gasteiger partial charge < -0.3 is 5.73 Å². The van der Waals surface area contributed by atoms with Gasteiger partial charge in [0.2, 0.25) is 10.0 Å². The molecule has 1 aliphatic carbocycles. The van der Waals surface area contributed by atoms with Crippen LogP contribution in [0, 0.1) is 6.92 Å². The van der Waals surface area contributed by atoms with Crippen molar-refractivity contribution in [3.63, 3.8) is 0 Å². The Morgan fingerprint density at radius 1 is 1.29 bits per heavy atom. The predicted octanol–water partition coefficient (Wildman–Crippen LogP) is 2.61. The highest BCUT2D eigenvalue weighted by Crippen LogP contribution is 2.30. The fraction of sp³-hybridized carbons (Fsp3) is 0.333. The van der Waals surface area contributed by atoms with Gasteiger partial charge in [0.25, 0.3) is 0 Å². The number of hydrogen-bond donors (Lipinski definition) is 2. The Labute approximate surface area is 129 Å². The van der Waals surface area contributed by atoms with Gasteiger partial charge in [0.1, 0.15) is 0 Å². The fourth-order valence-corrected chi connectivity index (χ4v) is 5.22. The molecule has 0 saturated carbocycles. The molecule has 1 heterocycles. The van der Waals surface area contributed by atoms with Crippen molar-refractivity contribution in [1.29, 1.82) is 0 Å². The van der Waals surface area contributed by atoms with E-state index in [0.29, 0.717) is 22.7 Å². The van der Waals surface area contributed by atoms with Crippen molar-refractivity contribution in [2.45, 2.75) is 37.6 Å². The summed E-state index contributed by atoms with van der Waals surface area (Å²) in [7, 11) is -3.50. The second kappa shape index (κ2) is 5.44. The lowest BCUT2D eigenvalue weighted by Crippen LogP contribution is -2.23. The Morgan fingerprint density at radius 3 is 2.81 bits per heavy atom. The van der Waals surface area contributed by atoms with E-state index in [9.17, 15) is 8.42 Å². The van der Waals surface area contributed by atoms with Gasteiger partial charge in [-0.05, 0) is 61.6 Å². The summed E-state index contributed by atoms with van der Waals surface area (Å²) in [6.07, 6.45) is 3.47. The molecule has 4 nitrogen and oxygen atoms in total. The van der Waals surface area contributed by atoms with Crippen LogP contribution in [0.15, 0.2) is 29.2 Å². The molecule has 3 N–H and O–H groups in total. The van der Waals surface area contributed by atoms with Gasteiger partial charge in [0, 0.05) is 22.0 Å². The molecule has 112 valence electrons.